The molecular formula is C11H13Cl2N. The molecule has 1 aromatic rings. The summed E-state index contributed by atoms with van der Waals surface area (Å²) in [6.45, 7) is 1.06. The van der Waals surface area contributed by atoms with Crippen LogP contribution < -0.4 is 5.32 Å². The second-order valence-electron chi connectivity index (χ2n) is 3.80. The predicted molar refractivity (Wildman–Crippen MR) is 61.2 cm³/mol. The highest BCUT2D eigenvalue weighted by molar-refractivity contribution is 6.42. The van der Waals surface area contributed by atoms with Gasteiger partial charge in [0.1, 0.15) is 0 Å². The van der Waals surface area contributed by atoms with Crippen LogP contribution in [-0.2, 0) is 0 Å². The summed E-state index contributed by atoms with van der Waals surface area (Å²) in [5.74, 6) is 1.34. The van der Waals surface area contributed by atoms with E-state index in [9.17, 15) is 0 Å². The van der Waals surface area contributed by atoms with Gasteiger partial charge in [-0.1, -0.05) is 35.3 Å². The van der Waals surface area contributed by atoms with Gasteiger partial charge in [-0.25, -0.2) is 0 Å². The van der Waals surface area contributed by atoms with Crippen LogP contribution >= 0.6 is 23.2 Å². The van der Waals surface area contributed by atoms with Gasteiger partial charge in [-0.05, 0) is 43.5 Å². The third kappa shape index (κ3) is 1.90. The standard InChI is InChI=1S/C11H13Cl2N/c1-14-6-7-5-9(7)8-3-2-4-10(12)11(8)13/h2-4,7,9,14H,5-6H2,1H3/t7-,9+/m1/s1. The van der Waals surface area contributed by atoms with Crippen molar-refractivity contribution in [3.05, 3.63) is 33.8 Å². The molecule has 1 aliphatic carbocycles. The fourth-order valence-corrected chi connectivity index (χ4v) is 2.37. The summed E-state index contributed by atoms with van der Waals surface area (Å²) in [5, 5.41) is 4.59. The van der Waals surface area contributed by atoms with Crippen molar-refractivity contribution in [2.75, 3.05) is 13.6 Å². The molecule has 0 heterocycles. The number of hydrogen-bond acceptors (Lipinski definition) is 1. The van der Waals surface area contributed by atoms with Crippen LogP contribution in [0.2, 0.25) is 10.0 Å². The smallest absolute Gasteiger partial charge is 0.0627 e. The van der Waals surface area contributed by atoms with Gasteiger partial charge in [-0.3, -0.25) is 0 Å². The van der Waals surface area contributed by atoms with Crippen LogP contribution in [0.4, 0.5) is 0 Å². The van der Waals surface area contributed by atoms with Crippen LogP contribution in [0, 0.1) is 5.92 Å². The molecule has 1 aliphatic rings. The molecule has 0 bridgehead atoms. The lowest BCUT2D eigenvalue weighted by Gasteiger charge is -2.04. The molecule has 0 spiro atoms. The van der Waals surface area contributed by atoms with E-state index < -0.39 is 0 Å². The van der Waals surface area contributed by atoms with Gasteiger partial charge in [0.05, 0.1) is 10.0 Å². The molecule has 2 rings (SSSR count). The zero-order chi connectivity index (χ0) is 10.1. The lowest BCUT2D eigenvalue weighted by molar-refractivity contribution is 0.698. The minimum absolute atomic E-state index is 0.605. The second-order valence-corrected chi connectivity index (χ2v) is 4.59. The Balaban J connectivity index is 2.15. The molecule has 0 unspecified atom stereocenters. The Morgan fingerprint density at radius 1 is 1.43 bits per heavy atom. The highest BCUT2D eigenvalue weighted by Crippen LogP contribution is 2.50. The molecule has 3 heteroatoms. The average Bonchev–Trinajstić information content (AvgIpc) is 2.90. The fraction of sp³-hybridized carbons (Fsp3) is 0.455. The van der Waals surface area contributed by atoms with E-state index >= 15 is 0 Å². The lowest BCUT2D eigenvalue weighted by atomic mass is 10.1. The molecule has 0 amide bonds. The molecule has 1 fully saturated rings. The molecule has 14 heavy (non-hydrogen) atoms. The average molecular weight is 230 g/mol. The zero-order valence-electron chi connectivity index (χ0n) is 8.06. The summed E-state index contributed by atoms with van der Waals surface area (Å²) >= 11 is 12.1. The van der Waals surface area contributed by atoms with E-state index in [1.165, 1.54) is 12.0 Å². The summed E-state index contributed by atoms with van der Waals surface area (Å²) in [6.07, 6.45) is 1.22. The largest absolute Gasteiger partial charge is 0.319 e. The SMILES string of the molecule is CNC[C@H]1C[C@@H]1c1cccc(Cl)c1Cl. The van der Waals surface area contributed by atoms with Crippen LogP contribution in [0.25, 0.3) is 0 Å². The number of nitrogens with one attached hydrogen (secondary N) is 1. The molecular weight excluding hydrogens is 217 g/mol. The van der Waals surface area contributed by atoms with Crippen LogP contribution in [0.15, 0.2) is 18.2 Å². The first-order chi connectivity index (χ1) is 6.74. The van der Waals surface area contributed by atoms with E-state index in [1.54, 1.807) is 0 Å². The van der Waals surface area contributed by atoms with Crippen molar-refractivity contribution in [1.29, 1.82) is 0 Å². The number of benzene rings is 1. The van der Waals surface area contributed by atoms with Gasteiger partial charge >= 0.3 is 0 Å². The van der Waals surface area contributed by atoms with Crippen LogP contribution in [0.1, 0.15) is 17.9 Å². The minimum Gasteiger partial charge on any atom is -0.319 e. The Morgan fingerprint density at radius 3 is 2.93 bits per heavy atom. The molecule has 0 saturated heterocycles. The molecule has 1 aromatic carbocycles. The van der Waals surface area contributed by atoms with Crippen LogP contribution in [0.3, 0.4) is 0 Å². The highest BCUT2D eigenvalue weighted by atomic mass is 35.5. The quantitative estimate of drug-likeness (QED) is 0.839. The van der Waals surface area contributed by atoms with Crippen molar-refractivity contribution in [3.8, 4) is 0 Å². The van der Waals surface area contributed by atoms with E-state index in [0.717, 1.165) is 17.5 Å². The monoisotopic (exact) mass is 229 g/mol. The van der Waals surface area contributed by atoms with Crippen molar-refractivity contribution < 1.29 is 0 Å². The van der Waals surface area contributed by atoms with Crippen molar-refractivity contribution in [2.45, 2.75) is 12.3 Å². The maximum absolute atomic E-state index is 6.14. The van der Waals surface area contributed by atoms with E-state index in [-0.39, 0.29) is 0 Å². The molecule has 0 radical (unpaired) electrons. The van der Waals surface area contributed by atoms with Crippen molar-refractivity contribution >= 4 is 23.2 Å². The molecule has 2 atom stereocenters. The van der Waals surface area contributed by atoms with Crippen LogP contribution in [-0.4, -0.2) is 13.6 Å². The van der Waals surface area contributed by atoms with Gasteiger partial charge in [0.2, 0.25) is 0 Å². The topological polar surface area (TPSA) is 12.0 Å². The minimum atomic E-state index is 0.605. The first-order valence-electron chi connectivity index (χ1n) is 4.82. The second kappa shape index (κ2) is 4.09. The first kappa shape index (κ1) is 10.3. The molecule has 1 saturated carbocycles. The first-order valence-corrected chi connectivity index (χ1v) is 5.58. The van der Waals surface area contributed by atoms with Crippen molar-refractivity contribution in [1.82, 2.24) is 5.32 Å². The van der Waals surface area contributed by atoms with E-state index in [0.29, 0.717) is 10.9 Å². The van der Waals surface area contributed by atoms with Gasteiger partial charge in [-0.2, -0.15) is 0 Å². The Hall–Kier alpha value is -0.240. The Morgan fingerprint density at radius 2 is 2.21 bits per heavy atom. The summed E-state index contributed by atoms with van der Waals surface area (Å²) in [4.78, 5) is 0. The van der Waals surface area contributed by atoms with Crippen molar-refractivity contribution in [2.24, 2.45) is 5.92 Å². The summed E-state index contributed by atoms with van der Waals surface area (Å²) < 4.78 is 0. The molecule has 0 aliphatic heterocycles. The highest BCUT2D eigenvalue weighted by Gasteiger charge is 2.38. The summed E-state index contributed by atoms with van der Waals surface area (Å²) in [7, 11) is 1.98. The maximum atomic E-state index is 6.14. The van der Waals surface area contributed by atoms with Gasteiger partial charge in [0.25, 0.3) is 0 Å². The lowest BCUT2D eigenvalue weighted by Crippen LogP contribution is -2.10. The number of halogens is 2. The van der Waals surface area contributed by atoms with E-state index in [2.05, 4.69) is 11.4 Å². The third-order valence-electron chi connectivity index (χ3n) is 2.77. The van der Waals surface area contributed by atoms with Crippen molar-refractivity contribution in [3.63, 3.8) is 0 Å². The predicted octanol–water partition coefficient (Wildman–Crippen LogP) is 3.32. The van der Waals surface area contributed by atoms with Gasteiger partial charge in [0.15, 0.2) is 0 Å². The Bertz CT molecular complexity index is 338. The van der Waals surface area contributed by atoms with E-state index in [4.69, 9.17) is 23.2 Å². The third-order valence-corrected chi connectivity index (χ3v) is 3.60. The summed E-state index contributed by atoms with van der Waals surface area (Å²) in [5.41, 5.74) is 1.21. The number of rotatable bonds is 3. The summed E-state index contributed by atoms with van der Waals surface area (Å²) in [6, 6.07) is 5.88. The van der Waals surface area contributed by atoms with Gasteiger partial charge in [0, 0.05) is 0 Å². The van der Waals surface area contributed by atoms with Gasteiger partial charge < -0.3 is 5.32 Å². The maximum Gasteiger partial charge on any atom is 0.0627 e. The van der Waals surface area contributed by atoms with Crippen LogP contribution in [0.5, 0.6) is 0 Å². The molecule has 0 aromatic heterocycles. The zero-order valence-corrected chi connectivity index (χ0v) is 9.57. The Labute approximate surface area is 94.4 Å². The van der Waals surface area contributed by atoms with Gasteiger partial charge in [-0.15, -0.1) is 0 Å². The normalized spacial score (nSPS) is 25.1. The molecule has 1 nitrogen and oxygen atoms in total. The molecule has 1 N–H and O–H groups in total. The fourth-order valence-electron chi connectivity index (χ4n) is 1.92. The molecule has 76 valence electrons. The number of hydrogen-bond donors (Lipinski definition) is 1. The Kier molecular flexibility index (Phi) is 3.01. The van der Waals surface area contributed by atoms with E-state index in [1.807, 2.05) is 19.2 Å².